The molecule has 0 radical (unpaired) electrons. The van der Waals surface area contributed by atoms with Crippen molar-refractivity contribution in [1.29, 1.82) is 0 Å². The second-order valence-corrected chi connectivity index (χ2v) is 4.93. The molecule has 0 fully saturated rings. The van der Waals surface area contributed by atoms with E-state index in [9.17, 15) is 19.8 Å². The summed E-state index contributed by atoms with van der Waals surface area (Å²) in [6.07, 6.45) is 10.6. The predicted octanol–water partition coefficient (Wildman–Crippen LogP) is 3.08. The first-order valence-electron chi connectivity index (χ1n) is 6.73. The van der Waals surface area contributed by atoms with Gasteiger partial charge in [-0.1, -0.05) is 25.0 Å². The highest BCUT2D eigenvalue weighted by molar-refractivity contribution is 5.79. The lowest BCUT2D eigenvalue weighted by molar-refractivity contribution is -0.154. The summed E-state index contributed by atoms with van der Waals surface area (Å²) >= 11 is 0. The SMILES string of the molecule is O=C(O)C1CCC/C=C\CCCCCC1C(=O)O. The van der Waals surface area contributed by atoms with Crippen molar-refractivity contribution in [1.82, 2.24) is 0 Å². The van der Waals surface area contributed by atoms with Crippen molar-refractivity contribution >= 4 is 11.9 Å². The van der Waals surface area contributed by atoms with Gasteiger partial charge in [0.1, 0.15) is 0 Å². The second-order valence-electron chi connectivity index (χ2n) is 4.93. The Bertz CT molecular complexity index is 309. The maximum Gasteiger partial charge on any atom is 0.307 e. The van der Waals surface area contributed by atoms with Gasteiger partial charge in [0.05, 0.1) is 11.8 Å². The smallest absolute Gasteiger partial charge is 0.307 e. The molecule has 4 heteroatoms. The topological polar surface area (TPSA) is 74.6 Å². The van der Waals surface area contributed by atoms with E-state index in [2.05, 4.69) is 12.2 Å². The van der Waals surface area contributed by atoms with Gasteiger partial charge >= 0.3 is 11.9 Å². The van der Waals surface area contributed by atoms with E-state index in [0.717, 1.165) is 38.5 Å². The van der Waals surface area contributed by atoms with Crippen LogP contribution in [0.15, 0.2) is 12.2 Å². The van der Waals surface area contributed by atoms with E-state index in [4.69, 9.17) is 0 Å². The first kappa shape index (κ1) is 14.7. The summed E-state index contributed by atoms with van der Waals surface area (Å²) < 4.78 is 0. The molecule has 18 heavy (non-hydrogen) atoms. The molecule has 102 valence electrons. The van der Waals surface area contributed by atoms with Crippen molar-refractivity contribution in [2.75, 3.05) is 0 Å². The molecule has 2 unspecified atom stereocenters. The van der Waals surface area contributed by atoms with Crippen LogP contribution in [0.3, 0.4) is 0 Å². The summed E-state index contributed by atoms with van der Waals surface area (Å²) in [5.41, 5.74) is 0. The van der Waals surface area contributed by atoms with Crippen LogP contribution in [-0.4, -0.2) is 22.2 Å². The number of rotatable bonds is 2. The van der Waals surface area contributed by atoms with Crippen LogP contribution < -0.4 is 0 Å². The van der Waals surface area contributed by atoms with Crippen LogP contribution in [0.5, 0.6) is 0 Å². The quantitative estimate of drug-likeness (QED) is 0.742. The molecular formula is C14H22O4. The minimum absolute atomic E-state index is 0.455. The van der Waals surface area contributed by atoms with Gasteiger partial charge in [-0.15, -0.1) is 0 Å². The van der Waals surface area contributed by atoms with E-state index in [1.165, 1.54) is 0 Å². The molecule has 0 saturated carbocycles. The lowest BCUT2D eigenvalue weighted by Gasteiger charge is -2.20. The van der Waals surface area contributed by atoms with Gasteiger partial charge in [0, 0.05) is 0 Å². The summed E-state index contributed by atoms with van der Waals surface area (Å²) in [6.45, 7) is 0. The van der Waals surface area contributed by atoms with E-state index in [1.807, 2.05) is 0 Å². The number of hydrogen-bond donors (Lipinski definition) is 2. The van der Waals surface area contributed by atoms with Crippen LogP contribution in [0.1, 0.15) is 51.4 Å². The van der Waals surface area contributed by atoms with Crippen molar-refractivity contribution in [2.24, 2.45) is 11.8 Å². The van der Waals surface area contributed by atoms with Crippen molar-refractivity contribution < 1.29 is 19.8 Å². The van der Waals surface area contributed by atoms with Gasteiger partial charge in [-0.3, -0.25) is 9.59 Å². The molecule has 1 rings (SSSR count). The van der Waals surface area contributed by atoms with Crippen LogP contribution in [0.25, 0.3) is 0 Å². The van der Waals surface area contributed by atoms with Crippen LogP contribution in [0.2, 0.25) is 0 Å². The van der Waals surface area contributed by atoms with Crippen LogP contribution in [0.4, 0.5) is 0 Å². The Morgan fingerprint density at radius 3 is 1.83 bits per heavy atom. The van der Waals surface area contributed by atoms with Crippen LogP contribution in [-0.2, 0) is 9.59 Å². The molecule has 0 aliphatic heterocycles. The molecule has 4 nitrogen and oxygen atoms in total. The summed E-state index contributed by atoms with van der Waals surface area (Å²) in [7, 11) is 0. The highest BCUT2D eigenvalue weighted by Gasteiger charge is 2.32. The molecule has 0 saturated heterocycles. The summed E-state index contributed by atoms with van der Waals surface area (Å²) in [4.78, 5) is 22.4. The standard InChI is InChI=1S/C14H22O4/c15-13(16)11-9-7-5-3-1-2-4-6-8-10-12(11)14(17)18/h1,3,11-12H,2,4-10H2,(H,15,16)(H,17,18)/b3-1-. The van der Waals surface area contributed by atoms with E-state index in [-0.39, 0.29) is 0 Å². The Hall–Kier alpha value is -1.32. The third kappa shape index (κ3) is 4.90. The second kappa shape index (κ2) is 7.90. The molecule has 0 aromatic carbocycles. The molecule has 0 heterocycles. The average molecular weight is 254 g/mol. The fourth-order valence-corrected chi connectivity index (χ4v) is 2.49. The number of carbonyl (C=O) groups is 2. The molecule has 0 aromatic rings. The number of carboxylic acid groups (broad SMARTS) is 2. The molecule has 0 aromatic heterocycles. The van der Waals surface area contributed by atoms with Crippen molar-refractivity contribution in [3.8, 4) is 0 Å². The van der Waals surface area contributed by atoms with E-state index >= 15 is 0 Å². The zero-order valence-electron chi connectivity index (χ0n) is 10.7. The number of carboxylic acids is 2. The first-order valence-corrected chi connectivity index (χ1v) is 6.73. The average Bonchev–Trinajstić information content (AvgIpc) is 2.28. The molecule has 2 atom stereocenters. The lowest BCUT2D eigenvalue weighted by atomic mass is 9.84. The van der Waals surface area contributed by atoms with Gasteiger partial charge in [0.15, 0.2) is 0 Å². The first-order chi connectivity index (χ1) is 8.63. The molecule has 2 N–H and O–H groups in total. The van der Waals surface area contributed by atoms with E-state index in [0.29, 0.717) is 12.8 Å². The van der Waals surface area contributed by atoms with E-state index < -0.39 is 23.8 Å². The number of aliphatic carboxylic acids is 2. The highest BCUT2D eigenvalue weighted by Crippen LogP contribution is 2.26. The maximum atomic E-state index is 11.2. The highest BCUT2D eigenvalue weighted by atomic mass is 16.4. The molecular weight excluding hydrogens is 232 g/mol. The number of hydrogen-bond acceptors (Lipinski definition) is 2. The molecule has 1 aliphatic rings. The molecule has 0 spiro atoms. The van der Waals surface area contributed by atoms with Crippen LogP contribution in [0, 0.1) is 11.8 Å². The van der Waals surface area contributed by atoms with E-state index in [1.54, 1.807) is 0 Å². The fraction of sp³-hybridized carbons (Fsp3) is 0.714. The van der Waals surface area contributed by atoms with Crippen molar-refractivity contribution in [3.63, 3.8) is 0 Å². The number of allylic oxidation sites excluding steroid dienone is 2. The zero-order valence-corrected chi connectivity index (χ0v) is 10.7. The lowest BCUT2D eigenvalue weighted by Crippen LogP contribution is -2.30. The summed E-state index contributed by atoms with van der Waals surface area (Å²) in [5, 5.41) is 18.4. The Morgan fingerprint density at radius 1 is 0.778 bits per heavy atom. The van der Waals surface area contributed by atoms with Gasteiger partial charge in [-0.25, -0.2) is 0 Å². The Kier molecular flexibility index (Phi) is 6.47. The summed E-state index contributed by atoms with van der Waals surface area (Å²) in [5.74, 6) is -3.40. The maximum absolute atomic E-state index is 11.2. The summed E-state index contributed by atoms with van der Waals surface area (Å²) in [6, 6.07) is 0. The Morgan fingerprint density at radius 2 is 1.28 bits per heavy atom. The van der Waals surface area contributed by atoms with Crippen LogP contribution >= 0.6 is 0 Å². The molecule has 1 aliphatic carbocycles. The third-order valence-electron chi connectivity index (χ3n) is 3.56. The Balaban J connectivity index is 2.71. The minimum atomic E-state index is -0.969. The monoisotopic (exact) mass is 254 g/mol. The van der Waals surface area contributed by atoms with Gasteiger partial charge in [-0.05, 0) is 38.5 Å². The van der Waals surface area contributed by atoms with Gasteiger partial charge < -0.3 is 10.2 Å². The van der Waals surface area contributed by atoms with Gasteiger partial charge in [0.2, 0.25) is 0 Å². The predicted molar refractivity (Wildman–Crippen MR) is 68.3 cm³/mol. The Labute approximate surface area is 108 Å². The van der Waals surface area contributed by atoms with Crippen molar-refractivity contribution in [3.05, 3.63) is 12.2 Å². The van der Waals surface area contributed by atoms with Gasteiger partial charge in [-0.2, -0.15) is 0 Å². The fourth-order valence-electron chi connectivity index (χ4n) is 2.49. The zero-order chi connectivity index (χ0) is 13.4. The van der Waals surface area contributed by atoms with Gasteiger partial charge in [0.25, 0.3) is 0 Å². The minimum Gasteiger partial charge on any atom is -0.481 e. The molecule has 0 bridgehead atoms. The third-order valence-corrected chi connectivity index (χ3v) is 3.56. The van der Waals surface area contributed by atoms with Crippen molar-refractivity contribution in [2.45, 2.75) is 51.4 Å². The molecule has 0 amide bonds. The normalized spacial score (nSPS) is 28.7. The largest absolute Gasteiger partial charge is 0.481 e.